The summed E-state index contributed by atoms with van der Waals surface area (Å²) >= 11 is 0. The Labute approximate surface area is 429 Å². The second-order valence-corrected chi connectivity index (χ2v) is 17.9. The molecule has 0 aromatic carbocycles. The monoisotopic (exact) mass is 965 g/mol. The summed E-state index contributed by atoms with van der Waals surface area (Å²) in [5.41, 5.74) is 0. The van der Waals surface area contributed by atoms with Crippen molar-refractivity contribution in [3.05, 3.63) is 146 Å². The fourth-order valence-corrected chi connectivity index (χ4v) is 7.10. The quantitative estimate of drug-likeness (QED) is 0.0199. The molecule has 0 amide bonds. The second-order valence-electron chi connectivity index (χ2n) is 17.9. The van der Waals surface area contributed by atoms with E-state index in [0.717, 1.165) is 116 Å². The van der Waals surface area contributed by atoms with Gasteiger partial charge in [0, 0.05) is 19.3 Å². The molecule has 6 heteroatoms. The molecule has 392 valence electrons. The second kappa shape index (κ2) is 56.9. The SMILES string of the molecule is CC\C=C/C=C\C=C/C=C\C=C\C=C/CCCCCC(=O)OC(COC(=O)CCCCC/C=C\C=C/CCCCCCCCC)COC(=O)CCCCCCCC/C=C\C/C=C\C/C=C\C/C=C\CC. The molecule has 0 aliphatic carbocycles. The molecule has 0 aliphatic heterocycles. The van der Waals surface area contributed by atoms with E-state index in [-0.39, 0.29) is 37.5 Å². The number of unbranched alkanes of at least 4 members (excludes halogenated alkanes) is 19. The van der Waals surface area contributed by atoms with E-state index in [9.17, 15) is 14.4 Å². The highest BCUT2D eigenvalue weighted by Crippen LogP contribution is 2.13. The largest absolute Gasteiger partial charge is 0.462 e. The third-order valence-corrected chi connectivity index (χ3v) is 11.2. The molecule has 0 N–H and O–H groups in total. The van der Waals surface area contributed by atoms with Crippen molar-refractivity contribution in [3.8, 4) is 0 Å². The molecular formula is C64H100O6. The summed E-state index contributed by atoms with van der Waals surface area (Å²) in [6, 6.07) is 0. The van der Waals surface area contributed by atoms with Crippen LogP contribution in [0.3, 0.4) is 0 Å². The third kappa shape index (κ3) is 54.2. The van der Waals surface area contributed by atoms with Crippen LogP contribution in [0.1, 0.15) is 220 Å². The summed E-state index contributed by atoms with van der Waals surface area (Å²) in [6.07, 6.45) is 81.1. The maximum absolute atomic E-state index is 12.8. The standard InChI is InChI=1S/C64H100O6/c1-4-7-10-13-16-19-22-25-28-31-32-34-36-39-42-45-48-51-54-57-63(66)69-60-61(59-68-62(65)56-53-50-47-44-41-38-35-30-27-24-21-18-15-12-9-6-3)70-64(67)58-55-52-49-46-43-40-37-33-29-26-23-20-17-14-11-8-5-2/h7-8,10-11,14,16-17,19-20,23,25-26,28-30,32-35,37-38,40-41,43,61H,4-6,9,12-13,15,18,21-22,24,27,31,36,39,42,44-60H2,1-3H3/b10-7-,11-8-,17-14-,19-16-,23-20-,28-25-,29-26-,34-32-,35-30-,37-33+,41-38-,43-40-. The normalized spacial score (nSPS) is 13.2. The van der Waals surface area contributed by atoms with Crippen LogP contribution < -0.4 is 0 Å². The highest BCUT2D eigenvalue weighted by atomic mass is 16.6. The zero-order valence-electron chi connectivity index (χ0n) is 44.7. The van der Waals surface area contributed by atoms with Gasteiger partial charge in [-0.25, -0.2) is 0 Å². The molecule has 0 spiro atoms. The van der Waals surface area contributed by atoms with Gasteiger partial charge in [0.25, 0.3) is 0 Å². The zero-order valence-corrected chi connectivity index (χ0v) is 44.7. The molecule has 0 heterocycles. The summed E-state index contributed by atoms with van der Waals surface area (Å²) in [5.74, 6) is -1.01. The lowest BCUT2D eigenvalue weighted by Gasteiger charge is -2.18. The van der Waals surface area contributed by atoms with Gasteiger partial charge in [0.15, 0.2) is 6.10 Å². The Morgan fingerprint density at radius 2 is 0.629 bits per heavy atom. The van der Waals surface area contributed by atoms with Crippen LogP contribution in [0.4, 0.5) is 0 Å². The van der Waals surface area contributed by atoms with Gasteiger partial charge in [-0.05, 0) is 103 Å². The average Bonchev–Trinajstić information content (AvgIpc) is 3.36. The van der Waals surface area contributed by atoms with E-state index < -0.39 is 6.10 Å². The zero-order chi connectivity index (χ0) is 50.7. The molecule has 1 unspecified atom stereocenters. The minimum absolute atomic E-state index is 0.119. The lowest BCUT2D eigenvalue weighted by atomic mass is 10.1. The summed E-state index contributed by atoms with van der Waals surface area (Å²) < 4.78 is 16.8. The van der Waals surface area contributed by atoms with E-state index >= 15 is 0 Å². The minimum Gasteiger partial charge on any atom is -0.462 e. The highest BCUT2D eigenvalue weighted by molar-refractivity contribution is 5.71. The van der Waals surface area contributed by atoms with E-state index in [1.807, 2.05) is 60.8 Å². The van der Waals surface area contributed by atoms with Gasteiger partial charge in [0.1, 0.15) is 13.2 Å². The molecule has 0 aromatic rings. The molecule has 0 bridgehead atoms. The van der Waals surface area contributed by atoms with Crippen LogP contribution in [0.2, 0.25) is 0 Å². The highest BCUT2D eigenvalue weighted by Gasteiger charge is 2.19. The van der Waals surface area contributed by atoms with Crippen molar-refractivity contribution in [2.45, 2.75) is 226 Å². The van der Waals surface area contributed by atoms with Crippen molar-refractivity contribution in [2.75, 3.05) is 13.2 Å². The van der Waals surface area contributed by atoms with Crippen LogP contribution in [-0.4, -0.2) is 37.2 Å². The predicted molar refractivity (Wildman–Crippen MR) is 302 cm³/mol. The predicted octanol–water partition coefficient (Wildman–Crippen LogP) is 18.8. The van der Waals surface area contributed by atoms with Gasteiger partial charge >= 0.3 is 17.9 Å². The van der Waals surface area contributed by atoms with E-state index in [1.54, 1.807) is 0 Å². The fraction of sp³-hybridized carbons (Fsp3) is 0.578. The Kier molecular flexibility index (Phi) is 53.0. The molecular weight excluding hydrogens is 865 g/mol. The molecule has 0 aromatic heterocycles. The Bertz CT molecular complexity index is 1580. The Morgan fingerprint density at radius 1 is 0.314 bits per heavy atom. The third-order valence-electron chi connectivity index (χ3n) is 11.2. The number of hydrogen-bond donors (Lipinski definition) is 0. The fourth-order valence-electron chi connectivity index (χ4n) is 7.10. The van der Waals surface area contributed by atoms with Crippen molar-refractivity contribution in [3.63, 3.8) is 0 Å². The van der Waals surface area contributed by atoms with Crippen LogP contribution in [0.15, 0.2) is 146 Å². The van der Waals surface area contributed by atoms with Gasteiger partial charge in [-0.1, -0.05) is 244 Å². The number of ether oxygens (including phenoxy) is 3. The van der Waals surface area contributed by atoms with Gasteiger partial charge in [-0.3, -0.25) is 14.4 Å². The van der Waals surface area contributed by atoms with Crippen LogP contribution >= 0.6 is 0 Å². The van der Waals surface area contributed by atoms with E-state index in [2.05, 4.69) is 106 Å². The van der Waals surface area contributed by atoms with Gasteiger partial charge in [0.2, 0.25) is 0 Å². The Hall–Kier alpha value is -4.71. The van der Waals surface area contributed by atoms with Gasteiger partial charge in [-0.15, -0.1) is 0 Å². The van der Waals surface area contributed by atoms with E-state index in [1.165, 1.54) is 57.8 Å². The van der Waals surface area contributed by atoms with Gasteiger partial charge < -0.3 is 14.2 Å². The molecule has 0 saturated heterocycles. The molecule has 0 rings (SSSR count). The van der Waals surface area contributed by atoms with Crippen molar-refractivity contribution < 1.29 is 28.6 Å². The number of rotatable bonds is 48. The van der Waals surface area contributed by atoms with Crippen molar-refractivity contribution in [1.29, 1.82) is 0 Å². The number of carbonyl (C=O) groups is 3. The first kappa shape index (κ1) is 65.3. The van der Waals surface area contributed by atoms with Crippen LogP contribution in [0.25, 0.3) is 0 Å². The average molecular weight is 965 g/mol. The topological polar surface area (TPSA) is 78.9 Å². The summed E-state index contributed by atoms with van der Waals surface area (Å²) in [5, 5.41) is 0. The smallest absolute Gasteiger partial charge is 0.306 e. The van der Waals surface area contributed by atoms with Crippen LogP contribution in [-0.2, 0) is 28.6 Å². The summed E-state index contributed by atoms with van der Waals surface area (Å²) in [4.78, 5) is 38.1. The van der Waals surface area contributed by atoms with Crippen molar-refractivity contribution >= 4 is 17.9 Å². The Morgan fingerprint density at radius 3 is 1.07 bits per heavy atom. The first-order valence-corrected chi connectivity index (χ1v) is 27.9. The Balaban J connectivity index is 4.57. The number of esters is 3. The molecule has 0 radical (unpaired) electrons. The van der Waals surface area contributed by atoms with E-state index in [4.69, 9.17) is 14.2 Å². The van der Waals surface area contributed by atoms with Crippen molar-refractivity contribution in [1.82, 2.24) is 0 Å². The molecule has 0 aliphatic rings. The molecule has 0 saturated carbocycles. The number of carbonyl (C=O) groups excluding carboxylic acids is 3. The van der Waals surface area contributed by atoms with Crippen molar-refractivity contribution in [2.24, 2.45) is 0 Å². The lowest BCUT2D eigenvalue weighted by Crippen LogP contribution is -2.30. The minimum atomic E-state index is -0.826. The van der Waals surface area contributed by atoms with Crippen LogP contribution in [0, 0.1) is 0 Å². The van der Waals surface area contributed by atoms with Gasteiger partial charge in [-0.2, -0.15) is 0 Å². The number of hydrogen-bond acceptors (Lipinski definition) is 6. The molecule has 70 heavy (non-hydrogen) atoms. The molecule has 0 fully saturated rings. The summed E-state index contributed by atoms with van der Waals surface area (Å²) in [6.45, 7) is 6.29. The van der Waals surface area contributed by atoms with Gasteiger partial charge in [0.05, 0.1) is 0 Å². The van der Waals surface area contributed by atoms with E-state index in [0.29, 0.717) is 19.3 Å². The first-order valence-electron chi connectivity index (χ1n) is 27.9. The maximum atomic E-state index is 12.8. The number of allylic oxidation sites excluding steroid dienone is 24. The maximum Gasteiger partial charge on any atom is 0.306 e. The lowest BCUT2D eigenvalue weighted by molar-refractivity contribution is -0.167. The van der Waals surface area contributed by atoms with Crippen LogP contribution in [0.5, 0.6) is 0 Å². The molecule has 1 atom stereocenters. The first-order chi connectivity index (χ1) is 34.5. The molecule has 6 nitrogen and oxygen atoms in total. The summed E-state index contributed by atoms with van der Waals surface area (Å²) in [7, 11) is 0.